The Morgan fingerprint density at radius 3 is 2.27 bits per heavy atom. The number of rotatable bonds is 3. The highest BCUT2D eigenvalue weighted by Gasteiger charge is 2.11. The molecule has 0 spiro atoms. The Labute approximate surface area is 64.0 Å². The summed E-state index contributed by atoms with van der Waals surface area (Å²) in [5, 5.41) is 27.7. The van der Waals surface area contributed by atoms with Crippen LogP contribution in [-0.2, 0) is 4.79 Å². The van der Waals surface area contributed by atoms with Crippen LogP contribution in [0, 0.1) is 0 Å². The van der Waals surface area contributed by atoms with Gasteiger partial charge in [-0.05, 0) is 6.92 Å². The summed E-state index contributed by atoms with van der Waals surface area (Å²) >= 11 is 0. The first-order chi connectivity index (χ1) is 4.83. The Balaban J connectivity index is 4.04. The molecule has 0 aliphatic carbocycles. The third-order valence-electron chi connectivity index (χ3n) is 0.899. The third-order valence-corrected chi connectivity index (χ3v) is 0.899. The second-order valence-electron chi connectivity index (χ2n) is 2.30. The van der Waals surface area contributed by atoms with Crippen molar-refractivity contribution in [3.63, 3.8) is 0 Å². The summed E-state index contributed by atoms with van der Waals surface area (Å²) in [6, 6.07) is 0. The van der Waals surface area contributed by atoms with Gasteiger partial charge in [0.2, 0.25) is 5.91 Å². The predicted octanol–water partition coefficient (Wildman–Crippen LogP) is -0.777. The van der Waals surface area contributed by atoms with E-state index in [1.807, 2.05) is 0 Å². The maximum Gasteiger partial charge on any atom is 0.332 e. The monoisotopic (exact) mass is 161 g/mol. The summed E-state index contributed by atoms with van der Waals surface area (Å²) in [6.45, 7) is 2.42. The van der Waals surface area contributed by atoms with E-state index >= 15 is 0 Å². The van der Waals surface area contributed by atoms with Crippen LogP contribution in [0.1, 0.15) is 13.8 Å². The van der Waals surface area contributed by atoms with Crippen LogP contribution in [0.4, 0.5) is 0 Å². The first-order valence-electron chi connectivity index (χ1n) is 2.95. The van der Waals surface area contributed by atoms with E-state index in [1.165, 1.54) is 6.92 Å². The minimum Gasteiger partial charge on any atom is -0.478 e. The number of nitrogens with one attached hydrogen (secondary N) is 1. The van der Waals surface area contributed by atoms with Gasteiger partial charge >= 0.3 is 5.97 Å². The molecule has 5 heteroatoms. The minimum atomic E-state index is -2.07. The predicted molar refractivity (Wildman–Crippen MR) is 37.4 cm³/mol. The molecule has 0 aromatic heterocycles. The fraction of sp³-hybridized carbons (Fsp3) is 0.500. The van der Waals surface area contributed by atoms with Crippen molar-refractivity contribution in [2.75, 3.05) is 0 Å². The van der Waals surface area contributed by atoms with Gasteiger partial charge in [0.15, 0.2) is 0 Å². The van der Waals surface area contributed by atoms with Gasteiger partial charge in [-0.15, -0.1) is 0 Å². The number of hydrogen-bond acceptors (Lipinski definition) is 4. The van der Waals surface area contributed by atoms with Crippen molar-refractivity contribution in [1.29, 1.82) is 0 Å². The molecular weight excluding hydrogens is 150 g/mol. The average Bonchev–Trinajstić information content (AvgIpc) is 1.80. The lowest BCUT2D eigenvalue weighted by atomic mass is 10.3. The molecule has 0 aliphatic heterocycles. The van der Waals surface area contributed by atoms with Gasteiger partial charge < -0.3 is 20.6 Å². The van der Waals surface area contributed by atoms with E-state index in [1.54, 1.807) is 0 Å². The van der Waals surface area contributed by atoms with Crippen LogP contribution in [-0.4, -0.2) is 27.2 Å². The maximum atomic E-state index is 10.1. The first kappa shape index (κ1) is 9.93. The summed E-state index contributed by atoms with van der Waals surface area (Å²) in [5.41, 5.74) is -0.000625. The fourth-order valence-electron chi connectivity index (χ4n) is 0.307. The second-order valence-corrected chi connectivity index (χ2v) is 2.30. The molecule has 0 aromatic rings. The van der Waals surface area contributed by atoms with Gasteiger partial charge in [-0.1, -0.05) is 0 Å². The Bertz CT molecular complexity index is 180. The topological polar surface area (TPSA) is 89.8 Å². The number of carboxylic acid groups (broad SMARTS) is 1. The Kier molecular flexibility index (Phi) is 3.03. The van der Waals surface area contributed by atoms with Crippen molar-refractivity contribution < 1.29 is 20.1 Å². The summed E-state index contributed by atoms with van der Waals surface area (Å²) in [7, 11) is 0. The van der Waals surface area contributed by atoms with Crippen molar-refractivity contribution in [1.82, 2.24) is 5.32 Å². The lowest BCUT2D eigenvalue weighted by Gasteiger charge is -2.15. The van der Waals surface area contributed by atoms with E-state index in [4.69, 9.17) is 15.3 Å². The van der Waals surface area contributed by atoms with E-state index in [0.29, 0.717) is 0 Å². The molecule has 64 valence electrons. The van der Waals surface area contributed by atoms with Gasteiger partial charge in [0.1, 0.15) is 0 Å². The molecule has 0 amide bonds. The molecule has 0 unspecified atom stereocenters. The van der Waals surface area contributed by atoms with Crippen molar-refractivity contribution >= 4 is 5.97 Å². The molecular formula is C6H11NO4. The normalized spacial score (nSPS) is 12.9. The van der Waals surface area contributed by atoms with Crippen molar-refractivity contribution in [3.8, 4) is 0 Å². The molecule has 0 fully saturated rings. The van der Waals surface area contributed by atoms with Gasteiger partial charge in [-0.25, -0.2) is 4.79 Å². The van der Waals surface area contributed by atoms with Crippen LogP contribution >= 0.6 is 0 Å². The lowest BCUT2D eigenvalue weighted by Crippen LogP contribution is -2.38. The van der Waals surface area contributed by atoms with Crippen LogP contribution in [0.15, 0.2) is 11.8 Å². The van der Waals surface area contributed by atoms with Crippen molar-refractivity contribution in [3.05, 3.63) is 11.8 Å². The van der Waals surface area contributed by atoms with Gasteiger partial charge in [-0.3, -0.25) is 0 Å². The van der Waals surface area contributed by atoms with E-state index in [0.717, 1.165) is 13.1 Å². The van der Waals surface area contributed by atoms with Gasteiger partial charge in [0, 0.05) is 18.7 Å². The molecule has 0 saturated heterocycles. The molecule has 0 heterocycles. The van der Waals surface area contributed by atoms with Crippen LogP contribution in [0.3, 0.4) is 0 Å². The highest BCUT2D eigenvalue weighted by molar-refractivity contribution is 5.85. The molecule has 11 heavy (non-hydrogen) atoms. The zero-order valence-corrected chi connectivity index (χ0v) is 6.33. The van der Waals surface area contributed by atoms with Gasteiger partial charge in [-0.2, -0.15) is 0 Å². The number of aliphatic hydroxyl groups is 2. The van der Waals surface area contributed by atoms with Gasteiger partial charge in [0.05, 0.1) is 0 Å². The standard InChI is InChI=1S/C6H11NO4/c1-4(5(8)9)3-7-6(2,10)11/h3,7,10-11H,1-2H3,(H,8,9). The van der Waals surface area contributed by atoms with E-state index in [2.05, 4.69) is 5.32 Å². The molecule has 0 saturated carbocycles. The second kappa shape index (κ2) is 3.36. The zero-order chi connectivity index (χ0) is 9.07. The summed E-state index contributed by atoms with van der Waals surface area (Å²) in [6.07, 6.45) is 1.02. The van der Waals surface area contributed by atoms with Crippen LogP contribution in [0.25, 0.3) is 0 Å². The van der Waals surface area contributed by atoms with Crippen LogP contribution < -0.4 is 5.32 Å². The smallest absolute Gasteiger partial charge is 0.332 e. The van der Waals surface area contributed by atoms with E-state index in [-0.39, 0.29) is 5.57 Å². The number of carboxylic acids is 1. The first-order valence-corrected chi connectivity index (χ1v) is 2.95. The number of hydrogen-bond donors (Lipinski definition) is 4. The molecule has 0 rings (SSSR count). The Hall–Kier alpha value is -1.07. The van der Waals surface area contributed by atoms with E-state index in [9.17, 15) is 4.79 Å². The molecule has 5 nitrogen and oxygen atoms in total. The largest absolute Gasteiger partial charge is 0.478 e. The minimum absolute atomic E-state index is 0.000625. The molecule has 0 bridgehead atoms. The third kappa shape index (κ3) is 5.38. The highest BCUT2D eigenvalue weighted by Crippen LogP contribution is 1.93. The fourth-order valence-corrected chi connectivity index (χ4v) is 0.307. The van der Waals surface area contributed by atoms with Crippen molar-refractivity contribution in [2.24, 2.45) is 0 Å². The average molecular weight is 161 g/mol. The number of carbonyl (C=O) groups is 1. The molecule has 0 aliphatic rings. The van der Waals surface area contributed by atoms with E-state index < -0.39 is 11.9 Å². The van der Waals surface area contributed by atoms with Crippen LogP contribution in [0.2, 0.25) is 0 Å². The Morgan fingerprint density at radius 2 is 2.00 bits per heavy atom. The molecule has 4 N–H and O–H groups in total. The molecule has 0 aromatic carbocycles. The van der Waals surface area contributed by atoms with Crippen LogP contribution in [0.5, 0.6) is 0 Å². The summed E-state index contributed by atoms with van der Waals surface area (Å²) in [4.78, 5) is 10.1. The Morgan fingerprint density at radius 1 is 1.55 bits per heavy atom. The molecule has 0 atom stereocenters. The lowest BCUT2D eigenvalue weighted by molar-refractivity contribution is -0.160. The van der Waals surface area contributed by atoms with Gasteiger partial charge in [0.25, 0.3) is 0 Å². The van der Waals surface area contributed by atoms with Crippen molar-refractivity contribution in [2.45, 2.75) is 19.8 Å². The quantitative estimate of drug-likeness (QED) is 0.322. The molecule has 0 radical (unpaired) electrons. The summed E-state index contributed by atoms with van der Waals surface area (Å²) in [5.74, 6) is -3.18. The number of aliphatic carboxylic acids is 1. The highest BCUT2D eigenvalue weighted by atomic mass is 16.5. The SMILES string of the molecule is CC(=CNC(C)(O)O)C(=O)O. The maximum absolute atomic E-state index is 10.1. The summed E-state index contributed by atoms with van der Waals surface area (Å²) < 4.78 is 0. The zero-order valence-electron chi connectivity index (χ0n) is 6.33.